The zero-order valence-electron chi connectivity index (χ0n) is 10.2. The van der Waals surface area contributed by atoms with Gasteiger partial charge in [0.2, 0.25) is 0 Å². The number of unbranched alkanes of at least 4 members (excludes halogenated alkanes) is 1. The maximum atomic E-state index is 9.99. The van der Waals surface area contributed by atoms with Gasteiger partial charge in [-0.3, -0.25) is 0 Å². The molecule has 0 aliphatic rings. The summed E-state index contributed by atoms with van der Waals surface area (Å²) in [6.45, 7) is 0. The van der Waals surface area contributed by atoms with Crippen molar-refractivity contribution in [3.63, 3.8) is 0 Å². The zero-order chi connectivity index (χ0) is 12.8. The van der Waals surface area contributed by atoms with E-state index in [0.29, 0.717) is 12.8 Å². The Hall–Kier alpha value is -2.05. The van der Waals surface area contributed by atoms with E-state index < -0.39 is 6.10 Å². The first kappa shape index (κ1) is 12.4. The summed E-state index contributed by atoms with van der Waals surface area (Å²) in [5.74, 6) is 2.57. The van der Waals surface area contributed by atoms with Crippen molar-refractivity contribution < 1.29 is 5.11 Å². The van der Waals surface area contributed by atoms with Crippen LogP contribution in [0.1, 0.15) is 30.9 Å². The first-order valence-corrected chi connectivity index (χ1v) is 6.03. The van der Waals surface area contributed by atoms with E-state index in [2.05, 4.69) is 11.0 Å². The first-order chi connectivity index (χ1) is 8.81. The third-order valence-electron chi connectivity index (χ3n) is 2.81. The number of terminal acetylenes is 1. The van der Waals surface area contributed by atoms with Crippen molar-refractivity contribution in [2.45, 2.75) is 25.4 Å². The molecule has 92 valence electrons. The second kappa shape index (κ2) is 6.04. The maximum Gasteiger partial charge on any atom is 0.0821 e. The van der Waals surface area contributed by atoms with Gasteiger partial charge in [-0.2, -0.15) is 5.10 Å². The van der Waals surface area contributed by atoms with Crippen LogP contribution in [0.15, 0.2) is 42.7 Å². The van der Waals surface area contributed by atoms with Crippen molar-refractivity contribution in [2.75, 3.05) is 0 Å². The molecule has 1 atom stereocenters. The van der Waals surface area contributed by atoms with Crippen LogP contribution < -0.4 is 0 Å². The van der Waals surface area contributed by atoms with Gasteiger partial charge in [0.15, 0.2) is 0 Å². The molecule has 0 amide bonds. The number of aliphatic hydroxyl groups excluding tert-OH is 1. The molecule has 0 aliphatic carbocycles. The number of para-hydroxylation sites is 1. The van der Waals surface area contributed by atoms with Crippen LogP contribution in [-0.4, -0.2) is 14.9 Å². The molecule has 1 aromatic heterocycles. The van der Waals surface area contributed by atoms with Crippen molar-refractivity contribution in [2.24, 2.45) is 0 Å². The Morgan fingerprint density at radius 2 is 2.11 bits per heavy atom. The van der Waals surface area contributed by atoms with Gasteiger partial charge in [0.25, 0.3) is 0 Å². The van der Waals surface area contributed by atoms with Gasteiger partial charge in [0, 0.05) is 18.2 Å². The van der Waals surface area contributed by atoms with E-state index in [0.717, 1.165) is 17.7 Å². The van der Waals surface area contributed by atoms with Crippen LogP contribution in [0.2, 0.25) is 0 Å². The van der Waals surface area contributed by atoms with E-state index in [-0.39, 0.29) is 0 Å². The summed E-state index contributed by atoms with van der Waals surface area (Å²) in [5, 5.41) is 14.2. The fraction of sp³-hybridized carbons (Fsp3) is 0.267. The van der Waals surface area contributed by atoms with Crippen LogP contribution in [0, 0.1) is 12.3 Å². The smallest absolute Gasteiger partial charge is 0.0821 e. The molecule has 0 saturated carbocycles. The van der Waals surface area contributed by atoms with Gasteiger partial charge in [-0.15, -0.1) is 12.3 Å². The highest BCUT2D eigenvalue weighted by molar-refractivity contribution is 5.31. The SMILES string of the molecule is C#CCCCC(O)c1cnn(-c2ccccc2)c1. The first-order valence-electron chi connectivity index (χ1n) is 6.03. The molecule has 0 fully saturated rings. The molecule has 0 aliphatic heterocycles. The van der Waals surface area contributed by atoms with Gasteiger partial charge in [-0.05, 0) is 25.0 Å². The second-order valence-corrected chi connectivity index (χ2v) is 4.17. The Bertz CT molecular complexity index is 525. The second-order valence-electron chi connectivity index (χ2n) is 4.17. The standard InChI is InChI=1S/C15H16N2O/c1-2-3-5-10-15(18)13-11-16-17(12-13)14-8-6-4-7-9-14/h1,4,6-9,11-12,15,18H,3,5,10H2. The summed E-state index contributed by atoms with van der Waals surface area (Å²) in [7, 11) is 0. The lowest BCUT2D eigenvalue weighted by atomic mass is 10.1. The zero-order valence-corrected chi connectivity index (χ0v) is 10.2. The monoisotopic (exact) mass is 240 g/mol. The molecule has 1 aromatic carbocycles. The summed E-state index contributed by atoms with van der Waals surface area (Å²) in [6, 6.07) is 9.83. The van der Waals surface area contributed by atoms with Crippen LogP contribution in [0.3, 0.4) is 0 Å². The van der Waals surface area contributed by atoms with Gasteiger partial charge in [0.1, 0.15) is 0 Å². The Morgan fingerprint density at radius 3 is 2.83 bits per heavy atom. The molecule has 0 spiro atoms. The van der Waals surface area contributed by atoms with Gasteiger partial charge in [-0.1, -0.05) is 18.2 Å². The molecule has 2 rings (SSSR count). The van der Waals surface area contributed by atoms with Gasteiger partial charge >= 0.3 is 0 Å². The molecule has 1 N–H and O–H groups in total. The molecule has 2 aromatic rings. The van der Waals surface area contributed by atoms with Crippen molar-refractivity contribution in [1.29, 1.82) is 0 Å². The molecule has 3 heteroatoms. The number of hydrogen-bond donors (Lipinski definition) is 1. The topological polar surface area (TPSA) is 38.1 Å². The predicted molar refractivity (Wildman–Crippen MR) is 71.2 cm³/mol. The van der Waals surface area contributed by atoms with Gasteiger partial charge < -0.3 is 5.11 Å². The van der Waals surface area contributed by atoms with E-state index >= 15 is 0 Å². The minimum Gasteiger partial charge on any atom is -0.388 e. The number of nitrogens with zero attached hydrogens (tertiary/aromatic N) is 2. The van der Waals surface area contributed by atoms with E-state index in [1.54, 1.807) is 10.9 Å². The lowest BCUT2D eigenvalue weighted by Crippen LogP contribution is -1.96. The summed E-state index contributed by atoms with van der Waals surface area (Å²) in [4.78, 5) is 0. The largest absolute Gasteiger partial charge is 0.388 e. The molecular weight excluding hydrogens is 224 g/mol. The molecule has 3 nitrogen and oxygen atoms in total. The Balaban J connectivity index is 2.04. The molecule has 18 heavy (non-hydrogen) atoms. The number of rotatable bonds is 5. The van der Waals surface area contributed by atoms with Crippen LogP contribution >= 0.6 is 0 Å². The molecular formula is C15H16N2O. The number of hydrogen-bond acceptors (Lipinski definition) is 2. The highest BCUT2D eigenvalue weighted by atomic mass is 16.3. The van der Waals surface area contributed by atoms with Crippen LogP contribution in [0.4, 0.5) is 0 Å². The van der Waals surface area contributed by atoms with Crippen molar-refractivity contribution in [3.8, 4) is 18.0 Å². The lowest BCUT2D eigenvalue weighted by Gasteiger charge is -2.06. The third kappa shape index (κ3) is 2.99. The highest BCUT2D eigenvalue weighted by Crippen LogP contribution is 2.19. The van der Waals surface area contributed by atoms with Crippen LogP contribution in [0.5, 0.6) is 0 Å². The maximum absolute atomic E-state index is 9.99. The molecule has 1 unspecified atom stereocenters. The predicted octanol–water partition coefficient (Wildman–Crippen LogP) is 2.71. The number of benzene rings is 1. The van der Waals surface area contributed by atoms with Gasteiger partial charge in [-0.25, -0.2) is 4.68 Å². The number of aliphatic hydroxyl groups is 1. The van der Waals surface area contributed by atoms with E-state index in [9.17, 15) is 5.11 Å². The van der Waals surface area contributed by atoms with E-state index in [1.807, 2.05) is 36.5 Å². The average Bonchev–Trinajstić information content (AvgIpc) is 2.89. The Labute approximate surface area is 107 Å². The summed E-state index contributed by atoms with van der Waals surface area (Å²) in [5.41, 5.74) is 1.82. The number of aromatic nitrogens is 2. The fourth-order valence-corrected chi connectivity index (χ4v) is 1.79. The molecule has 0 saturated heterocycles. The summed E-state index contributed by atoms with van der Waals surface area (Å²) < 4.78 is 1.76. The Morgan fingerprint density at radius 1 is 1.33 bits per heavy atom. The summed E-state index contributed by atoms with van der Waals surface area (Å²) in [6.07, 6.45) is 10.5. The Kier molecular flexibility index (Phi) is 4.16. The lowest BCUT2D eigenvalue weighted by molar-refractivity contribution is 0.165. The quantitative estimate of drug-likeness (QED) is 0.644. The highest BCUT2D eigenvalue weighted by Gasteiger charge is 2.10. The third-order valence-corrected chi connectivity index (χ3v) is 2.81. The molecule has 0 radical (unpaired) electrons. The average molecular weight is 240 g/mol. The van der Waals surface area contributed by atoms with Crippen molar-refractivity contribution in [3.05, 3.63) is 48.3 Å². The van der Waals surface area contributed by atoms with E-state index in [4.69, 9.17) is 6.42 Å². The minimum absolute atomic E-state index is 0.490. The van der Waals surface area contributed by atoms with Gasteiger partial charge in [0.05, 0.1) is 18.0 Å². The fourth-order valence-electron chi connectivity index (χ4n) is 1.79. The molecule has 0 bridgehead atoms. The van der Waals surface area contributed by atoms with Crippen LogP contribution in [-0.2, 0) is 0 Å². The molecule has 1 heterocycles. The summed E-state index contributed by atoms with van der Waals surface area (Å²) >= 11 is 0. The van der Waals surface area contributed by atoms with Crippen LogP contribution in [0.25, 0.3) is 5.69 Å². The normalized spacial score (nSPS) is 12.0. The van der Waals surface area contributed by atoms with Crippen molar-refractivity contribution in [1.82, 2.24) is 9.78 Å². The van der Waals surface area contributed by atoms with E-state index in [1.165, 1.54) is 0 Å². The minimum atomic E-state index is -0.490. The van der Waals surface area contributed by atoms with Crippen molar-refractivity contribution >= 4 is 0 Å².